The molecule has 0 N–H and O–H groups in total. The van der Waals surface area contributed by atoms with Crippen molar-refractivity contribution in [1.29, 1.82) is 0 Å². The first-order chi connectivity index (χ1) is 5.41. The van der Waals surface area contributed by atoms with Crippen LogP contribution in [-0.2, 0) is 5.54 Å². The monoisotopic (exact) mass is 168 g/mol. The van der Waals surface area contributed by atoms with E-state index in [1.807, 2.05) is 0 Å². The third-order valence-corrected chi connectivity index (χ3v) is 1.55. The van der Waals surface area contributed by atoms with Gasteiger partial charge < -0.3 is 0 Å². The molecule has 1 aromatic rings. The molecule has 12 heavy (non-hydrogen) atoms. The van der Waals surface area contributed by atoms with Crippen LogP contribution < -0.4 is 0 Å². The quantitative estimate of drug-likeness (QED) is 0.639. The van der Waals surface area contributed by atoms with Gasteiger partial charge in [0, 0.05) is 5.92 Å². The number of tetrazole rings is 1. The van der Waals surface area contributed by atoms with E-state index in [2.05, 4.69) is 50.0 Å². The van der Waals surface area contributed by atoms with Gasteiger partial charge in [0.05, 0.1) is 5.54 Å². The highest BCUT2D eigenvalue weighted by molar-refractivity contribution is 4.85. The molecule has 0 aliphatic heterocycles. The van der Waals surface area contributed by atoms with Gasteiger partial charge in [-0.1, -0.05) is 13.8 Å². The number of rotatable bonds is 1. The predicted octanol–water partition coefficient (Wildman–Crippen LogP) is 1.55. The van der Waals surface area contributed by atoms with E-state index in [0.717, 1.165) is 5.82 Å². The van der Waals surface area contributed by atoms with Crippen molar-refractivity contribution in [2.75, 3.05) is 0 Å². The second kappa shape index (κ2) is 2.84. The first kappa shape index (κ1) is 9.16. The zero-order valence-corrected chi connectivity index (χ0v) is 8.37. The molecule has 0 fully saturated rings. The van der Waals surface area contributed by atoms with Gasteiger partial charge in [0.25, 0.3) is 0 Å². The van der Waals surface area contributed by atoms with Crippen LogP contribution in [0, 0.1) is 0 Å². The van der Waals surface area contributed by atoms with E-state index >= 15 is 0 Å². The van der Waals surface area contributed by atoms with Gasteiger partial charge in [-0.05, 0) is 26.0 Å². The summed E-state index contributed by atoms with van der Waals surface area (Å²) in [5.41, 5.74) is -0.0693. The summed E-state index contributed by atoms with van der Waals surface area (Å²) in [6, 6.07) is 0. The maximum atomic E-state index is 4.28. The molecule has 4 nitrogen and oxygen atoms in total. The second-order valence-electron chi connectivity index (χ2n) is 4.26. The van der Waals surface area contributed by atoms with Crippen molar-refractivity contribution in [2.24, 2.45) is 0 Å². The molecule has 1 rings (SSSR count). The summed E-state index contributed by atoms with van der Waals surface area (Å²) < 4.78 is 0. The molecule has 0 aliphatic rings. The Morgan fingerprint density at radius 1 is 1.25 bits per heavy atom. The standard InChI is InChI=1S/C8H16N4/c1-6(2)7-9-11-12(10-7)8(3,4)5/h6H,1-5H3. The minimum atomic E-state index is -0.0693. The fraction of sp³-hybridized carbons (Fsp3) is 0.875. The number of hydrogen-bond acceptors (Lipinski definition) is 3. The van der Waals surface area contributed by atoms with Crippen molar-refractivity contribution in [3.63, 3.8) is 0 Å². The Balaban J connectivity index is 2.92. The van der Waals surface area contributed by atoms with Crippen LogP contribution in [0.25, 0.3) is 0 Å². The maximum absolute atomic E-state index is 4.28. The Morgan fingerprint density at radius 3 is 2.08 bits per heavy atom. The highest BCUT2D eigenvalue weighted by Crippen LogP contribution is 2.12. The van der Waals surface area contributed by atoms with Crippen molar-refractivity contribution < 1.29 is 0 Å². The van der Waals surface area contributed by atoms with Crippen LogP contribution in [0.2, 0.25) is 0 Å². The van der Waals surface area contributed by atoms with Gasteiger partial charge in [0.2, 0.25) is 0 Å². The normalized spacial score (nSPS) is 12.5. The molecule has 68 valence electrons. The van der Waals surface area contributed by atoms with E-state index in [-0.39, 0.29) is 5.54 Å². The van der Waals surface area contributed by atoms with Crippen molar-refractivity contribution in [3.8, 4) is 0 Å². The van der Waals surface area contributed by atoms with E-state index < -0.39 is 0 Å². The van der Waals surface area contributed by atoms with Gasteiger partial charge in [-0.3, -0.25) is 0 Å². The first-order valence-corrected chi connectivity index (χ1v) is 4.21. The second-order valence-corrected chi connectivity index (χ2v) is 4.26. The zero-order chi connectivity index (χ0) is 9.35. The summed E-state index contributed by atoms with van der Waals surface area (Å²) in [5, 5.41) is 12.2. The van der Waals surface area contributed by atoms with E-state index in [9.17, 15) is 0 Å². The van der Waals surface area contributed by atoms with Gasteiger partial charge in [-0.15, -0.1) is 10.2 Å². The SMILES string of the molecule is CC(C)c1nnn(C(C)(C)C)n1. The minimum Gasteiger partial charge on any atom is -0.159 e. The van der Waals surface area contributed by atoms with Crippen LogP contribution in [0.5, 0.6) is 0 Å². The van der Waals surface area contributed by atoms with E-state index in [4.69, 9.17) is 0 Å². The van der Waals surface area contributed by atoms with E-state index in [1.54, 1.807) is 4.80 Å². The zero-order valence-electron chi connectivity index (χ0n) is 8.37. The topological polar surface area (TPSA) is 43.6 Å². The third-order valence-electron chi connectivity index (χ3n) is 1.55. The van der Waals surface area contributed by atoms with Crippen molar-refractivity contribution in [2.45, 2.75) is 46.1 Å². The van der Waals surface area contributed by atoms with Crippen LogP contribution in [-0.4, -0.2) is 20.2 Å². The predicted molar refractivity (Wildman–Crippen MR) is 46.9 cm³/mol. The van der Waals surface area contributed by atoms with Crippen molar-refractivity contribution in [3.05, 3.63) is 5.82 Å². The molecule has 0 spiro atoms. The summed E-state index contributed by atoms with van der Waals surface area (Å²) in [7, 11) is 0. The molecule has 0 atom stereocenters. The van der Waals surface area contributed by atoms with Gasteiger partial charge in [0.1, 0.15) is 0 Å². The van der Waals surface area contributed by atoms with Crippen LogP contribution in [0.1, 0.15) is 46.4 Å². The molecule has 1 aromatic heterocycles. The van der Waals surface area contributed by atoms with Gasteiger partial charge in [0.15, 0.2) is 5.82 Å². The maximum Gasteiger partial charge on any atom is 0.177 e. The van der Waals surface area contributed by atoms with Crippen LogP contribution in [0.3, 0.4) is 0 Å². The molecule has 0 aromatic carbocycles. The van der Waals surface area contributed by atoms with Gasteiger partial charge in [-0.25, -0.2) is 0 Å². The molecule has 0 bridgehead atoms. The highest BCUT2D eigenvalue weighted by Gasteiger charge is 2.17. The summed E-state index contributed by atoms with van der Waals surface area (Å²) in [5.74, 6) is 1.16. The lowest BCUT2D eigenvalue weighted by Crippen LogP contribution is -2.24. The molecular formula is C8H16N4. The first-order valence-electron chi connectivity index (χ1n) is 4.21. The number of aromatic nitrogens is 4. The Bertz CT molecular complexity index is 256. The molecule has 1 heterocycles. The molecule has 0 radical (unpaired) electrons. The van der Waals surface area contributed by atoms with Crippen LogP contribution in [0.4, 0.5) is 0 Å². The number of hydrogen-bond donors (Lipinski definition) is 0. The lowest BCUT2D eigenvalue weighted by Gasteiger charge is -2.15. The van der Waals surface area contributed by atoms with Gasteiger partial charge in [-0.2, -0.15) is 4.80 Å². The van der Waals surface area contributed by atoms with Crippen molar-refractivity contribution in [1.82, 2.24) is 20.2 Å². The minimum absolute atomic E-state index is 0.0693. The molecule has 4 heteroatoms. The smallest absolute Gasteiger partial charge is 0.159 e. The van der Waals surface area contributed by atoms with Gasteiger partial charge >= 0.3 is 0 Å². The molecule has 0 saturated heterocycles. The van der Waals surface area contributed by atoms with Crippen molar-refractivity contribution >= 4 is 0 Å². The van der Waals surface area contributed by atoms with Crippen LogP contribution >= 0.6 is 0 Å². The molecular weight excluding hydrogens is 152 g/mol. The summed E-state index contributed by atoms with van der Waals surface area (Å²) in [4.78, 5) is 1.66. The Labute approximate surface area is 73.0 Å². The Morgan fingerprint density at radius 2 is 1.83 bits per heavy atom. The Kier molecular flexibility index (Phi) is 2.17. The molecule has 0 aliphatic carbocycles. The molecule has 0 amide bonds. The summed E-state index contributed by atoms with van der Waals surface area (Å²) >= 11 is 0. The fourth-order valence-corrected chi connectivity index (χ4v) is 0.740. The average molecular weight is 168 g/mol. The summed E-state index contributed by atoms with van der Waals surface area (Å²) in [6.45, 7) is 10.3. The fourth-order valence-electron chi connectivity index (χ4n) is 0.740. The van der Waals surface area contributed by atoms with E-state index in [1.165, 1.54) is 0 Å². The van der Waals surface area contributed by atoms with Crippen LogP contribution in [0.15, 0.2) is 0 Å². The molecule has 0 saturated carbocycles. The molecule has 0 unspecified atom stereocenters. The highest BCUT2D eigenvalue weighted by atomic mass is 15.6. The number of nitrogens with zero attached hydrogens (tertiary/aromatic N) is 4. The average Bonchev–Trinajstić information content (AvgIpc) is 2.30. The third kappa shape index (κ3) is 1.81. The van der Waals surface area contributed by atoms with E-state index in [0.29, 0.717) is 5.92 Å². The lowest BCUT2D eigenvalue weighted by atomic mass is 10.1. The Hall–Kier alpha value is -0.930. The summed E-state index contributed by atoms with van der Waals surface area (Å²) in [6.07, 6.45) is 0. The largest absolute Gasteiger partial charge is 0.177 e. The lowest BCUT2D eigenvalue weighted by molar-refractivity contribution is 0.305.